The van der Waals surface area contributed by atoms with E-state index in [1.165, 1.54) is 38.5 Å². The number of nitrogens with one attached hydrogen (secondary N) is 2. The fourth-order valence-corrected chi connectivity index (χ4v) is 9.66. The molecule has 6 nitrogen and oxygen atoms in total. The topological polar surface area (TPSA) is 84.2 Å². The lowest BCUT2D eigenvalue weighted by Crippen LogP contribution is -2.51. The molecule has 8 aliphatic rings. The van der Waals surface area contributed by atoms with Gasteiger partial charge in [-0.1, -0.05) is 5.16 Å². The van der Waals surface area contributed by atoms with Crippen molar-refractivity contribution in [1.82, 2.24) is 5.16 Å². The van der Waals surface area contributed by atoms with Gasteiger partial charge in [-0.15, -0.1) is 0 Å². The second-order valence-corrected chi connectivity index (χ2v) is 12.4. The number of hydrogen-bond donors (Lipinski definition) is 2. The van der Waals surface area contributed by atoms with E-state index in [-0.39, 0.29) is 22.6 Å². The molecule has 0 unspecified atom stereocenters. The minimum atomic E-state index is -0.218. The van der Waals surface area contributed by atoms with Crippen molar-refractivity contribution in [2.45, 2.75) is 77.0 Å². The molecule has 1 aromatic rings. The third-order valence-corrected chi connectivity index (χ3v) is 10.0. The Morgan fingerprint density at radius 2 is 1.10 bits per heavy atom. The van der Waals surface area contributed by atoms with Crippen LogP contribution in [0.15, 0.2) is 10.6 Å². The summed E-state index contributed by atoms with van der Waals surface area (Å²) in [5.41, 5.74) is -0.430. The van der Waals surface area contributed by atoms with Gasteiger partial charge in [0, 0.05) is 6.07 Å². The molecule has 1 aromatic heterocycles. The first-order chi connectivity index (χ1) is 15.0. The number of carbonyl (C=O) groups is 2. The van der Waals surface area contributed by atoms with E-state index in [4.69, 9.17) is 4.52 Å². The van der Waals surface area contributed by atoms with E-state index in [1.807, 2.05) is 0 Å². The van der Waals surface area contributed by atoms with Gasteiger partial charge in [0.15, 0.2) is 5.82 Å². The van der Waals surface area contributed by atoms with E-state index in [9.17, 15) is 9.59 Å². The van der Waals surface area contributed by atoms with Crippen LogP contribution < -0.4 is 10.6 Å². The van der Waals surface area contributed by atoms with Gasteiger partial charge in [-0.05, 0) is 113 Å². The van der Waals surface area contributed by atoms with Crippen LogP contribution in [0.4, 0.5) is 11.7 Å². The van der Waals surface area contributed by atoms with Crippen LogP contribution >= 0.6 is 0 Å². The summed E-state index contributed by atoms with van der Waals surface area (Å²) in [5, 5.41) is 10.1. The number of carbonyl (C=O) groups excluding carboxylic acids is 2. The van der Waals surface area contributed by atoms with E-state index in [0.717, 1.165) is 74.0 Å². The summed E-state index contributed by atoms with van der Waals surface area (Å²) in [6.45, 7) is 0. The highest BCUT2D eigenvalue weighted by Crippen LogP contribution is 2.61. The van der Waals surface area contributed by atoms with Gasteiger partial charge in [-0.25, -0.2) is 0 Å². The van der Waals surface area contributed by atoms with Gasteiger partial charge in [0.2, 0.25) is 17.7 Å². The van der Waals surface area contributed by atoms with Crippen molar-refractivity contribution in [3.8, 4) is 0 Å². The normalized spacial score (nSPS) is 46.3. The number of amides is 2. The van der Waals surface area contributed by atoms with Crippen molar-refractivity contribution in [1.29, 1.82) is 0 Å². The number of anilines is 2. The van der Waals surface area contributed by atoms with Gasteiger partial charge in [-0.2, -0.15) is 0 Å². The molecule has 6 heteroatoms. The Kier molecular flexibility index (Phi) is 3.83. The maximum atomic E-state index is 13.2. The summed E-state index contributed by atoms with van der Waals surface area (Å²) in [6, 6.07) is 1.69. The van der Waals surface area contributed by atoms with Gasteiger partial charge < -0.3 is 9.84 Å². The van der Waals surface area contributed by atoms with Crippen LogP contribution in [-0.4, -0.2) is 17.0 Å². The lowest BCUT2D eigenvalue weighted by atomic mass is 9.49. The molecule has 31 heavy (non-hydrogen) atoms. The Labute approximate surface area is 183 Å². The summed E-state index contributed by atoms with van der Waals surface area (Å²) in [5.74, 6) is 5.35. The quantitative estimate of drug-likeness (QED) is 0.715. The first kappa shape index (κ1) is 18.7. The van der Waals surface area contributed by atoms with Crippen molar-refractivity contribution < 1.29 is 14.1 Å². The highest BCUT2D eigenvalue weighted by atomic mass is 16.5. The van der Waals surface area contributed by atoms with Crippen LogP contribution in [0.25, 0.3) is 0 Å². The molecule has 8 fully saturated rings. The first-order valence-electron chi connectivity index (χ1n) is 12.6. The molecule has 9 rings (SSSR count). The lowest BCUT2D eigenvalue weighted by molar-refractivity contribution is -0.141. The molecule has 0 radical (unpaired) electrons. The summed E-state index contributed by atoms with van der Waals surface area (Å²) in [6.07, 6.45) is 14.0. The van der Waals surface area contributed by atoms with E-state index in [0.29, 0.717) is 11.7 Å². The zero-order valence-corrected chi connectivity index (χ0v) is 18.2. The summed E-state index contributed by atoms with van der Waals surface area (Å²) < 4.78 is 5.42. The molecule has 0 atom stereocenters. The zero-order valence-electron chi connectivity index (χ0n) is 18.2. The predicted molar refractivity (Wildman–Crippen MR) is 115 cm³/mol. The molecule has 2 amide bonds. The molecule has 2 N–H and O–H groups in total. The Bertz CT molecular complexity index is 791. The fraction of sp³-hybridized carbons (Fsp3) is 0.800. The third-order valence-electron chi connectivity index (χ3n) is 10.0. The molecule has 1 heterocycles. The average molecular weight is 424 g/mol. The first-order valence-corrected chi connectivity index (χ1v) is 12.6. The molecule has 8 aliphatic carbocycles. The van der Waals surface area contributed by atoms with E-state index < -0.39 is 0 Å². The fourth-order valence-electron chi connectivity index (χ4n) is 9.66. The molecule has 0 spiro atoms. The number of nitrogens with zero attached hydrogens (tertiary/aromatic N) is 1. The van der Waals surface area contributed by atoms with Crippen LogP contribution in [0.1, 0.15) is 77.0 Å². The smallest absolute Gasteiger partial charge is 0.233 e. The maximum Gasteiger partial charge on any atom is 0.233 e. The molecule has 8 bridgehead atoms. The van der Waals surface area contributed by atoms with E-state index in [1.54, 1.807) is 6.07 Å². The average Bonchev–Trinajstić information content (AvgIpc) is 3.12. The van der Waals surface area contributed by atoms with Crippen molar-refractivity contribution in [2.24, 2.45) is 46.3 Å². The van der Waals surface area contributed by atoms with Gasteiger partial charge in [0.1, 0.15) is 0 Å². The number of hydrogen-bond acceptors (Lipinski definition) is 4. The Morgan fingerprint density at radius 3 is 1.52 bits per heavy atom. The molecule has 0 saturated heterocycles. The van der Waals surface area contributed by atoms with E-state index >= 15 is 0 Å². The Balaban J connectivity index is 1.03. The minimum absolute atomic E-state index is 0.0988. The van der Waals surface area contributed by atoms with Gasteiger partial charge >= 0.3 is 0 Å². The van der Waals surface area contributed by atoms with Gasteiger partial charge in [-0.3, -0.25) is 14.9 Å². The van der Waals surface area contributed by atoms with Crippen molar-refractivity contribution in [3.63, 3.8) is 0 Å². The highest BCUT2D eigenvalue weighted by molar-refractivity contribution is 5.97. The van der Waals surface area contributed by atoms with Gasteiger partial charge in [0.05, 0.1) is 10.8 Å². The number of aromatic nitrogens is 1. The lowest BCUT2D eigenvalue weighted by Gasteiger charge is -2.55. The van der Waals surface area contributed by atoms with Gasteiger partial charge in [0.25, 0.3) is 0 Å². The van der Waals surface area contributed by atoms with E-state index in [2.05, 4.69) is 15.8 Å². The van der Waals surface area contributed by atoms with Crippen molar-refractivity contribution in [2.75, 3.05) is 10.6 Å². The predicted octanol–water partition coefficient (Wildman–Crippen LogP) is 4.98. The third kappa shape index (κ3) is 2.92. The Hall–Kier alpha value is -1.85. The zero-order chi connectivity index (χ0) is 20.8. The summed E-state index contributed by atoms with van der Waals surface area (Å²) >= 11 is 0. The second-order valence-electron chi connectivity index (χ2n) is 12.4. The van der Waals surface area contributed by atoms with Crippen molar-refractivity contribution >= 4 is 23.5 Å². The number of rotatable bonds is 4. The molecule has 166 valence electrons. The van der Waals surface area contributed by atoms with Crippen LogP contribution in [-0.2, 0) is 9.59 Å². The molecular weight excluding hydrogens is 390 g/mol. The van der Waals surface area contributed by atoms with Crippen LogP contribution in [0, 0.1) is 46.3 Å². The SMILES string of the molecule is O=C(Nc1cc(NC(=O)C23CC4CC(CC(C4)C2)C3)on1)C12CC3CC(CC(C3)C1)C2. The largest absolute Gasteiger partial charge is 0.336 e. The standard InChI is InChI=1S/C25H33N3O3/c29-22(24-8-14-1-15(9-24)3-16(2-14)10-24)26-20-7-21(31-28-20)27-23(30)25-11-17-4-18(12-25)6-19(5-17)13-25/h7,14-19H,1-6,8-13H2,(H,27,30)(H,26,28,29). The van der Waals surface area contributed by atoms with Crippen LogP contribution in [0.2, 0.25) is 0 Å². The Morgan fingerprint density at radius 1 is 0.710 bits per heavy atom. The maximum absolute atomic E-state index is 13.2. The monoisotopic (exact) mass is 423 g/mol. The molecular formula is C25H33N3O3. The van der Waals surface area contributed by atoms with Crippen LogP contribution in [0.5, 0.6) is 0 Å². The molecule has 8 saturated carbocycles. The summed E-state index contributed by atoms with van der Waals surface area (Å²) in [4.78, 5) is 26.5. The minimum Gasteiger partial charge on any atom is -0.336 e. The second kappa shape index (κ2) is 6.35. The highest BCUT2D eigenvalue weighted by Gasteiger charge is 2.56. The molecule has 0 aromatic carbocycles. The molecule has 0 aliphatic heterocycles. The van der Waals surface area contributed by atoms with Crippen molar-refractivity contribution in [3.05, 3.63) is 6.07 Å². The summed E-state index contributed by atoms with van der Waals surface area (Å²) in [7, 11) is 0. The van der Waals surface area contributed by atoms with Crippen LogP contribution in [0.3, 0.4) is 0 Å².